The van der Waals surface area contributed by atoms with E-state index in [1.807, 2.05) is 50.2 Å². The fraction of sp³-hybridized carbons (Fsp3) is 0.200. The summed E-state index contributed by atoms with van der Waals surface area (Å²) in [5.41, 5.74) is 1.04. The molecule has 4 nitrogen and oxygen atoms in total. The van der Waals surface area contributed by atoms with Gasteiger partial charge >= 0.3 is 5.97 Å². The summed E-state index contributed by atoms with van der Waals surface area (Å²) in [7, 11) is 0. The normalized spacial score (nSPS) is 13.7. The molecule has 0 saturated heterocycles. The van der Waals surface area contributed by atoms with E-state index >= 15 is 0 Å². The standard InChI is InChI=1S/C25H21Cl2NO3/c1-17(2)25(27,19-11-13-20(26)14-12-19)24(29)31-23(16-28)18-7-6-10-22(15-18)30-21-8-4-3-5-9-21/h3-15,17,23H,1-2H3. The van der Waals surface area contributed by atoms with Crippen molar-refractivity contribution in [2.75, 3.05) is 0 Å². The van der Waals surface area contributed by atoms with E-state index in [2.05, 4.69) is 0 Å². The minimum atomic E-state index is -1.46. The number of nitrogens with zero attached hydrogens (tertiary/aromatic N) is 1. The second kappa shape index (κ2) is 9.87. The van der Waals surface area contributed by atoms with E-state index in [9.17, 15) is 10.1 Å². The van der Waals surface area contributed by atoms with Gasteiger partial charge in [-0.2, -0.15) is 5.26 Å². The molecule has 0 radical (unpaired) electrons. The van der Waals surface area contributed by atoms with Crippen LogP contribution in [0.4, 0.5) is 0 Å². The second-order valence-electron chi connectivity index (χ2n) is 7.28. The quantitative estimate of drug-likeness (QED) is 0.284. The molecule has 158 valence electrons. The summed E-state index contributed by atoms with van der Waals surface area (Å²) in [6, 6.07) is 24.9. The Hall–Kier alpha value is -3.00. The Labute approximate surface area is 191 Å². The van der Waals surface area contributed by atoms with Crippen LogP contribution in [0, 0.1) is 17.2 Å². The van der Waals surface area contributed by atoms with E-state index in [4.69, 9.17) is 32.7 Å². The Morgan fingerprint density at radius 2 is 1.61 bits per heavy atom. The van der Waals surface area contributed by atoms with Gasteiger partial charge in [-0.05, 0) is 47.9 Å². The zero-order chi connectivity index (χ0) is 22.4. The summed E-state index contributed by atoms with van der Waals surface area (Å²) >= 11 is 12.7. The largest absolute Gasteiger partial charge is 0.457 e. The average molecular weight is 454 g/mol. The molecule has 0 amide bonds. The van der Waals surface area contributed by atoms with Crippen LogP contribution in [0.5, 0.6) is 11.5 Å². The molecule has 0 aliphatic carbocycles. The third kappa shape index (κ3) is 5.19. The number of para-hydroxylation sites is 1. The summed E-state index contributed by atoms with van der Waals surface area (Å²) in [6.45, 7) is 3.64. The van der Waals surface area contributed by atoms with E-state index in [1.54, 1.807) is 48.5 Å². The lowest BCUT2D eigenvalue weighted by Gasteiger charge is -2.30. The SMILES string of the molecule is CC(C)C(Cl)(C(=O)OC(C#N)c1cccc(Oc2ccccc2)c1)c1ccc(Cl)cc1. The highest BCUT2D eigenvalue weighted by molar-refractivity contribution is 6.34. The average Bonchev–Trinajstić information content (AvgIpc) is 2.78. The van der Waals surface area contributed by atoms with Crippen LogP contribution in [0.25, 0.3) is 0 Å². The number of hydrogen-bond donors (Lipinski definition) is 0. The van der Waals surface area contributed by atoms with Gasteiger partial charge in [-0.1, -0.05) is 67.9 Å². The van der Waals surface area contributed by atoms with Crippen LogP contribution < -0.4 is 4.74 Å². The Morgan fingerprint density at radius 1 is 0.968 bits per heavy atom. The third-order valence-corrected chi connectivity index (χ3v) is 5.90. The third-order valence-electron chi connectivity index (χ3n) is 4.84. The summed E-state index contributed by atoms with van der Waals surface area (Å²) in [4.78, 5) is 11.7. The molecule has 0 heterocycles. The molecule has 0 aliphatic rings. The van der Waals surface area contributed by atoms with E-state index in [0.717, 1.165) is 0 Å². The molecule has 2 atom stereocenters. The Kier molecular flexibility index (Phi) is 7.22. The molecule has 0 bridgehead atoms. The smallest absolute Gasteiger partial charge is 0.333 e. The lowest BCUT2D eigenvalue weighted by molar-refractivity contribution is -0.152. The first-order valence-electron chi connectivity index (χ1n) is 9.73. The van der Waals surface area contributed by atoms with Gasteiger partial charge in [0.1, 0.15) is 17.6 Å². The number of alkyl halides is 1. The highest BCUT2D eigenvalue weighted by atomic mass is 35.5. The van der Waals surface area contributed by atoms with Gasteiger partial charge in [0.05, 0.1) is 0 Å². The van der Waals surface area contributed by atoms with Gasteiger partial charge in [-0.3, -0.25) is 0 Å². The van der Waals surface area contributed by atoms with Crippen LogP contribution in [0.15, 0.2) is 78.9 Å². The lowest BCUT2D eigenvalue weighted by Crippen LogP contribution is -2.37. The van der Waals surface area contributed by atoms with Crippen LogP contribution in [0.2, 0.25) is 5.02 Å². The lowest BCUT2D eigenvalue weighted by atomic mass is 9.87. The number of carbonyl (C=O) groups is 1. The van der Waals surface area contributed by atoms with Crippen molar-refractivity contribution in [1.82, 2.24) is 0 Å². The van der Waals surface area contributed by atoms with Gasteiger partial charge < -0.3 is 9.47 Å². The van der Waals surface area contributed by atoms with E-state index < -0.39 is 16.9 Å². The summed E-state index contributed by atoms with van der Waals surface area (Å²) in [5, 5.41) is 10.2. The first-order valence-corrected chi connectivity index (χ1v) is 10.5. The minimum absolute atomic E-state index is 0.296. The topological polar surface area (TPSA) is 59.3 Å². The zero-order valence-electron chi connectivity index (χ0n) is 17.1. The van der Waals surface area contributed by atoms with Crippen molar-refractivity contribution in [3.8, 4) is 17.6 Å². The predicted octanol–water partition coefficient (Wildman–Crippen LogP) is 7.03. The monoisotopic (exact) mass is 453 g/mol. The molecule has 31 heavy (non-hydrogen) atoms. The van der Waals surface area contributed by atoms with Gasteiger partial charge in [-0.25, -0.2) is 4.79 Å². The van der Waals surface area contributed by atoms with Crippen molar-refractivity contribution in [1.29, 1.82) is 5.26 Å². The number of nitriles is 1. The van der Waals surface area contributed by atoms with Gasteiger partial charge in [0.2, 0.25) is 6.10 Å². The molecule has 3 aromatic rings. The van der Waals surface area contributed by atoms with Crippen molar-refractivity contribution in [3.05, 3.63) is 95.0 Å². The molecule has 0 spiro atoms. The molecule has 0 saturated carbocycles. The molecular weight excluding hydrogens is 433 g/mol. The predicted molar refractivity (Wildman–Crippen MR) is 121 cm³/mol. The molecule has 0 fully saturated rings. The van der Waals surface area contributed by atoms with Gasteiger partial charge in [0.15, 0.2) is 4.87 Å². The fourth-order valence-corrected chi connectivity index (χ4v) is 3.40. The number of halogens is 2. The summed E-state index contributed by atoms with van der Waals surface area (Å²) in [6.07, 6.45) is -1.14. The van der Waals surface area contributed by atoms with Crippen LogP contribution in [-0.2, 0) is 14.4 Å². The Morgan fingerprint density at radius 3 is 2.23 bits per heavy atom. The minimum Gasteiger partial charge on any atom is -0.457 e. The molecular formula is C25H21Cl2NO3. The van der Waals surface area contributed by atoms with Crippen molar-refractivity contribution in [2.24, 2.45) is 5.92 Å². The maximum atomic E-state index is 13.1. The molecule has 3 rings (SSSR count). The fourth-order valence-electron chi connectivity index (χ4n) is 3.11. The summed E-state index contributed by atoms with van der Waals surface area (Å²) < 4.78 is 11.4. The number of carbonyl (C=O) groups excluding carboxylic acids is 1. The zero-order valence-corrected chi connectivity index (χ0v) is 18.6. The van der Waals surface area contributed by atoms with Gasteiger partial charge in [-0.15, -0.1) is 11.6 Å². The van der Waals surface area contributed by atoms with Crippen molar-refractivity contribution in [3.63, 3.8) is 0 Å². The molecule has 0 aromatic heterocycles. The number of rotatable bonds is 7. The van der Waals surface area contributed by atoms with Crippen LogP contribution >= 0.6 is 23.2 Å². The van der Waals surface area contributed by atoms with Crippen LogP contribution in [0.3, 0.4) is 0 Å². The molecule has 6 heteroatoms. The summed E-state index contributed by atoms with van der Waals surface area (Å²) in [5.74, 6) is 0.188. The van der Waals surface area contributed by atoms with E-state index in [-0.39, 0.29) is 5.92 Å². The maximum Gasteiger partial charge on any atom is 0.333 e. The maximum absolute atomic E-state index is 13.1. The highest BCUT2D eigenvalue weighted by Gasteiger charge is 2.44. The second-order valence-corrected chi connectivity index (χ2v) is 8.31. The van der Waals surface area contributed by atoms with Crippen molar-refractivity contribution >= 4 is 29.2 Å². The molecule has 0 aliphatic heterocycles. The molecule has 3 aromatic carbocycles. The van der Waals surface area contributed by atoms with E-state index in [0.29, 0.717) is 27.6 Å². The number of esters is 1. The van der Waals surface area contributed by atoms with Crippen molar-refractivity contribution < 1.29 is 14.3 Å². The van der Waals surface area contributed by atoms with E-state index in [1.165, 1.54) is 0 Å². The Balaban J connectivity index is 1.84. The van der Waals surface area contributed by atoms with Gasteiger partial charge in [0, 0.05) is 10.6 Å². The van der Waals surface area contributed by atoms with Crippen LogP contribution in [-0.4, -0.2) is 5.97 Å². The first-order chi connectivity index (χ1) is 14.8. The molecule has 0 N–H and O–H groups in total. The highest BCUT2D eigenvalue weighted by Crippen LogP contribution is 2.40. The number of benzene rings is 3. The van der Waals surface area contributed by atoms with Crippen molar-refractivity contribution in [2.45, 2.75) is 24.8 Å². The first kappa shape index (κ1) is 22.7. The number of hydrogen-bond acceptors (Lipinski definition) is 4. The Bertz CT molecular complexity index is 1080. The number of ether oxygens (including phenoxy) is 2. The van der Waals surface area contributed by atoms with Crippen LogP contribution in [0.1, 0.15) is 31.1 Å². The van der Waals surface area contributed by atoms with Gasteiger partial charge in [0.25, 0.3) is 0 Å². The molecule has 2 unspecified atom stereocenters.